The third-order valence-corrected chi connectivity index (χ3v) is 4.76. The monoisotopic (exact) mass is 390 g/mol. The zero-order valence-electron chi connectivity index (χ0n) is 16.9. The van der Waals surface area contributed by atoms with Crippen LogP contribution in [0.4, 0.5) is 5.82 Å². The van der Waals surface area contributed by atoms with Crippen LogP contribution >= 0.6 is 11.8 Å². The molecule has 2 heterocycles. The molecule has 0 saturated heterocycles. The number of anilines is 1. The number of aromatic nitrogens is 4. The van der Waals surface area contributed by atoms with Gasteiger partial charge in [0.15, 0.2) is 11.8 Å². The van der Waals surface area contributed by atoms with Crippen molar-refractivity contribution in [1.29, 1.82) is 0 Å². The van der Waals surface area contributed by atoms with E-state index < -0.39 is 0 Å². The van der Waals surface area contributed by atoms with Crippen molar-refractivity contribution in [2.75, 3.05) is 37.5 Å². The van der Waals surface area contributed by atoms with Gasteiger partial charge in [-0.05, 0) is 37.5 Å². The molecule has 0 radical (unpaired) electrons. The van der Waals surface area contributed by atoms with Crippen LogP contribution in [0, 0.1) is 6.92 Å². The van der Waals surface area contributed by atoms with E-state index in [1.807, 2.05) is 67.5 Å². The van der Waals surface area contributed by atoms with Crippen molar-refractivity contribution in [3.63, 3.8) is 0 Å². The maximum Gasteiger partial charge on any atom is 0.192 e. The molecular formula is C18H30N8S. The minimum Gasteiger partial charge on any atom is -0.363 e. The van der Waals surface area contributed by atoms with Crippen LogP contribution in [0.2, 0.25) is 0 Å². The van der Waals surface area contributed by atoms with E-state index in [1.165, 1.54) is 0 Å². The molecule has 0 aromatic carbocycles. The van der Waals surface area contributed by atoms with Gasteiger partial charge in [-0.2, -0.15) is 11.8 Å². The van der Waals surface area contributed by atoms with Gasteiger partial charge in [0.2, 0.25) is 0 Å². The molecule has 0 unspecified atom stereocenters. The highest BCUT2D eigenvalue weighted by Crippen LogP contribution is 2.08. The van der Waals surface area contributed by atoms with Gasteiger partial charge < -0.3 is 20.1 Å². The average molecular weight is 391 g/mol. The van der Waals surface area contributed by atoms with Gasteiger partial charge in [0.1, 0.15) is 11.6 Å². The second kappa shape index (κ2) is 10.8. The number of hydrogen-bond acceptors (Lipinski definition) is 6. The molecule has 2 aromatic rings. The number of rotatable bonds is 9. The van der Waals surface area contributed by atoms with Crippen LogP contribution in [0.25, 0.3) is 0 Å². The van der Waals surface area contributed by atoms with Crippen molar-refractivity contribution in [1.82, 2.24) is 30.4 Å². The van der Waals surface area contributed by atoms with Gasteiger partial charge >= 0.3 is 0 Å². The zero-order valence-corrected chi connectivity index (χ0v) is 17.7. The van der Waals surface area contributed by atoms with Gasteiger partial charge in [-0.3, -0.25) is 0 Å². The fourth-order valence-corrected chi connectivity index (χ4v) is 2.76. The molecule has 0 amide bonds. The van der Waals surface area contributed by atoms with Gasteiger partial charge in [0, 0.05) is 27.7 Å². The number of nitrogens with zero attached hydrogens (tertiary/aromatic N) is 6. The fraction of sp³-hybridized carbons (Fsp3) is 0.556. The number of pyridine rings is 1. The fourth-order valence-electron chi connectivity index (χ4n) is 2.33. The second-order valence-electron chi connectivity index (χ2n) is 6.40. The Morgan fingerprint density at radius 1 is 1.26 bits per heavy atom. The lowest BCUT2D eigenvalue weighted by molar-refractivity contribution is 0.710. The molecule has 2 rings (SSSR count). The average Bonchev–Trinajstić information content (AvgIpc) is 2.99. The lowest BCUT2D eigenvalue weighted by Crippen LogP contribution is -2.38. The molecule has 148 valence electrons. The van der Waals surface area contributed by atoms with Crippen LogP contribution in [0.3, 0.4) is 0 Å². The SMILES string of the molecule is CSCCCNC(=NCc1cccc(N(C)C)n1)NCc1nnc(C)n1C. The molecule has 0 aliphatic carbocycles. The molecule has 8 nitrogen and oxygen atoms in total. The summed E-state index contributed by atoms with van der Waals surface area (Å²) < 4.78 is 1.97. The van der Waals surface area contributed by atoms with Gasteiger partial charge in [0.25, 0.3) is 0 Å². The predicted octanol–water partition coefficient (Wildman–Crippen LogP) is 1.57. The molecule has 0 aliphatic heterocycles. The Morgan fingerprint density at radius 2 is 2.07 bits per heavy atom. The van der Waals surface area contributed by atoms with E-state index in [4.69, 9.17) is 4.99 Å². The van der Waals surface area contributed by atoms with Gasteiger partial charge in [-0.1, -0.05) is 6.07 Å². The predicted molar refractivity (Wildman–Crippen MR) is 113 cm³/mol. The van der Waals surface area contributed by atoms with E-state index in [0.717, 1.165) is 47.8 Å². The Labute approximate surface area is 165 Å². The van der Waals surface area contributed by atoms with E-state index in [0.29, 0.717) is 13.1 Å². The largest absolute Gasteiger partial charge is 0.363 e. The minimum absolute atomic E-state index is 0.511. The molecule has 0 aliphatic rings. The van der Waals surface area contributed by atoms with Crippen LogP contribution in [0.15, 0.2) is 23.2 Å². The first-order valence-electron chi connectivity index (χ1n) is 9.00. The number of aliphatic imine (C=N–C) groups is 1. The first-order chi connectivity index (χ1) is 13.0. The Hall–Kier alpha value is -2.29. The van der Waals surface area contributed by atoms with Crippen molar-refractivity contribution in [2.24, 2.45) is 12.0 Å². The zero-order chi connectivity index (χ0) is 19.6. The summed E-state index contributed by atoms with van der Waals surface area (Å²) in [7, 11) is 5.93. The van der Waals surface area contributed by atoms with Crippen molar-refractivity contribution < 1.29 is 0 Å². The van der Waals surface area contributed by atoms with E-state index >= 15 is 0 Å². The van der Waals surface area contributed by atoms with E-state index in [9.17, 15) is 0 Å². The molecular weight excluding hydrogens is 360 g/mol. The van der Waals surface area contributed by atoms with Crippen molar-refractivity contribution in [3.05, 3.63) is 35.5 Å². The van der Waals surface area contributed by atoms with Gasteiger partial charge in [-0.15, -0.1) is 10.2 Å². The third-order valence-electron chi connectivity index (χ3n) is 4.06. The topological polar surface area (TPSA) is 83.3 Å². The number of aryl methyl sites for hydroxylation is 1. The summed E-state index contributed by atoms with van der Waals surface area (Å²) in [6.45, 7) is 3.89. The van der Waals surface area contributed by atoms with E-state index in [-0.39, 0.29) is 0 Å². The lowest BCUT2D eigenvalue weighted by atomic mass is 10.3. The summed E-state index contributed by atoms with van der Waals surface area (Å²) in [5, 5.41) is 15.0. The summed E-state index contributed by atoms with van der Waals surface area (Å²) in [6.07, 6.45) is 3.20. The standard InChI is InChI=1S/C18H30N8S/c1-14-23-24-17(26(14)4)13-21-18(19-10-7-11-27-5)20-12-15-8-6-9-16(22-15)25(2)3/h6,8-9H,7,10-13H2,1-5H3,(H2,19,20,21). The highest BCUT2D eigenvalue weighted by Gasteiger charge is 2.07. The summed E-state index contributed by atoms with van der Waals surface area (Å²) in [6, 6.07) is 5.99. The highest BCUT2D eigenvalue weighted by molar-refractivity contribution is 7.98. The summed E-state index contributed by atoms with van der Waals surface area (Å²) in [5.41, 5.74) is 0.931. The molecule has 0 saturated carbocycles. The molecule has 27 heavy (non-hydrogen) atoms. The minimum atomic E-state index is 0.511. The van der Waals surface area contributed by atoms with Crippen LogP contribution in [0.5, 0.6) is 0 Å². The van der Waals surface area contributed by atoms with Crippen molar-refractivity contribution in [2.45, 2.75) is 26.4 Å². The molecule has 0 atom stereocenters. The smallest absolute Gasteiger partial charge is 0.192 e. The Kier molecular flexibility index (Phi) is 8.38. The van der Waals surface area contributed by atoms with Crippen LogP contribution in [-0.4, -0.2) is 58.4 Å². The van der Waals surface area contributed by atoms with E-state index in [1.54, 1.807) is 0 Å². The summed E-state index contributed by atoms with van der Waals surface area (Å²) in [5.74, 6) is 4.57. The molecule has 2 aromatic heterocycles. The molecule has 0 spiro atoms. The highest BCUT2D eigenvalue weighted by atomic mass is 32.2. The Balaban J connectivity index is 2.02. The molecule has 2 N–H and O–H groups in total. The van der Waals surface area contributed by atoms with Crippen molar-refractivity contribution in [3.8, 4) is 0 Å². The quantitative estimate of drug-likeness (QED) is 0.382. The van der Waals surface area contributed by atoms with Gasteiger partial charge in [0.05, 0.1) is 18.8 Å². The molecule has 0 bridgehead atoms. The first-order valence-corrected chi connectivity index (χ1v) is 10.4. The summed E-state index contributed by atoms with van der Waals surface area (Å²) in [4.78, 5) is 11.3. The van der Waals surface area contributed by atoms with E-state index in [2.05, 4.69) is 32.1 Å². The Bertz CT molecular complexity index is 741. The molecule has 9 heteroatoms. The number of thioether (sulfide) groups is 1. The number of hydrogen-bond donors (Lipinski definition) is 2. The first kappa shape index (κ1) is 21.0. The van der Waals surface area contributed by atoms with Crippen LogP contribution < -0.4 is 15.5 Å². The second-order valence-corrected chi connectivity index (χ2v) is 7.38. The van der Waals surface area contributed by atoms with Crippen molar-refractivity contribution >= 4 is 23.5 Å². The Morgan fingerprint density at radius 3 is 2.74 bits per heavy atom. The third kappa shape index (κ3) is 6.74. The van der Waals surface area contributed by atoms with Crippen LogP contribution in [0.1, 0.15) is 23.8 Å². The van der Waals surface area contributed by atoms with Crippen LogP contribution in [-0.2, 0) is 20.1 Å². The lowest BCUT2D eigenvalue weighted by Gasteiger charge is -2.13. The van der Waals surface area contributed by atoms with Gasteiger partial charge in [-0.25, -0.2) is 9.98 Å². The maximum absolute atomic E-state index is 4.69. The summed E-state index contributed by atoms with van der Waals surface area (Å²) >= 11 is 1.85. The number of guanidine groups is 1. The number of nitrogens with one attached hydrogen (secondary N) is 2. The normalized spacial score (nSPS) is 11.5. The molecule has 0 fully saturated rings. The maximum atomic E-state index is 4.69.